The normalized spacial score (nSPS) is 11.1. The summed E-state index contributed by atoms with van der Waals surface area (Å²) >= 11 is 0. The molecule has 2 N–H and O–H groups in total. The van der Waals surface area contributed by atoms with Crippen molar-refractivity contribution in [1.82, 2.24) is 0 Å². The summed E-state index contributed by atoms with van der Waals surface area (Å²) in [5.74, 6) is -5.00. The fraction of sp³-hybridized carbons (Fsp3) is 0.783. The molecule has 0 amide bonds. The molecular formula is C46H78O8. The van der Waals surface area contributed by atoms with Gasteiger partial charge in [0, 0.05) is 0 Å². The van der Waals surface area contributed by atoms with Gasteiger partial charge >= 0.3 is 23.9 Å². The Balaban J connectivity index is 2.35. The van der Waals surface area contributed by atoms with Crippen LogP contribution in [0, 0.1) is 0 Å². The molecule has 310 valence electrons. The molecule has 0 aromatic heterocycles. The van der Waals surface area contributed by atoms with E-state index >= 15 is 0 Å². The van der Waals surface area contributed by atoms with Gasteiger partial charge in [-0.1, -0.05) is 206 Å². The molecule has 0 unspecified atom stereocenters. The number of aromatic carboxylic acids is 2. The highest BCUT2D eigenvalue weighted by molar-refractivity contribution is 6.14. The lowest BCUT2D eigenvalue weighted by atomic mass is 9.95. The fourth-order valence-corrected chi connectivity index (χ4v) is 7.17. The predicted octanol–water partition coefficient (Wildman–Crippen LogP) is 13.9. The standard InChI is InChI=1S/C46H78O8/c1-3-5-7-9-11-13-15-17-19-21-23-25-27-29-31-33-37-53-45(51)40-36-35-39(43(47)48)41(44(49)50)42(40)46(52)54-38-34-32-30-28-26-24-22-20-18-16-14-12-10-8-6-4-2/h35-36H,3-34,37-38H2,1-2H3,(H,47,48)(H,49,50). The van der Waals surface area contributed by atoms with Crippen molar-refractivity contribution in [3.05, 3.63) is 34.4 Å². The number of esters is 2. The van der Waals surface area contributed by atoms with Crippen LogP contribution in [0.15, 0.2) is 12.1 Å². The largest absolute Gasteiger partial charge is 0.478 e. The van der Waals surface area contributed by atoms with Gasteiger partial charge in [-0.2, -0.15) is 0 Å². The molecule has 0 aliphatic rings. The van der Waals surface area contributed by atoms with E-state index < -0.39 is 40.6 Å². The molecule has 0 radical (unpaired) electrons. The number of unbranched alkanes of at least 4 members (excludes halogenated alkanes) is 30. The Bertz CT molecular complexity index is 1130. The molecule has 54 heavy (non-hydrogen) atoms. The summed E-state index contributed by atoms with van der Waals surface area (Å²) in [6.07, 6.45) is 39.1. The van der Waals surface area contributed by atoms with Crippen molar-refractivity contribution >= 4 is 23.9 Å². The monoisotopic (exact) mass is 759 g/mol. The molecule has 1 rings (SSSR count). The van der Waals surface area contributed by atoms with Gasteiger partial charge in [0.15, 0.2) is 0 Å². The van der Waals surface area contributed by atoms with Crippen molar-refractivity contribution in [3.8, 4) is 0 Å². The number of carbonyl (C=O) groups excluding carboxylic acids is 2. The number of benzene rings is 1. The summed E-state index contributed by atoms with van der Waals surface area (Å²) < 4.78 is 10.8. The molecule has 0 heterocycles. The quantitative estimate of drug-likeness (QED) is 0.0504. The highest BCUT2D eigenvalue weighted by atomic mass is 16.5. The van der Waals surface area contributed by atoms with Gasteiger partial charge in [-0.05, 0) is 25.0 Å². The van der Waals surface area contributed by atoms with Gasteiger partial charge in [0.1, 0.15) is 0 Å². The third-order valence-electron chi connectivity index (χ3n) is 10.5. The van der Waals surface area contributed by atoms with Gasteiger partial charge in [0.2, 0.25) is 0 Å². The number of carboxylic acid groups (broad SMARTS) is 2. The topological polar surface area (TPSA) is 127 Å². The lowest BCUT2D eigenvalue weighted by Gasteiger charge is -2.14. The molecule has 0 bridgehead atoms. The first-order chi connectivity index (χ1) is 26.3. The minimum Gasteiger partial charge on any atom is -0.478 e. The summed E-state index contributed by atoms with van der Waals surface area (Å²) in [5, 5.41) is 19.5. The number of rotatable bonds is 38. The van der Waals surface area contributed by atoms with Gasteiger partial charge in [-0.25, -0.2) is 19.2 Å². The van der Waals surface area contributed by atoms with Crippen molar-refractivity contribution in [1.29, 1.82) is 0 Å². The first kappa shape index (κ1) is 49.1. The van der Waals surface area contributed by atoms with Crippen LogP contribution in [-0.2, 0) is 9.47 Å². The zero-order chi connectivity index (χ0) is 39.5. The van der Waals surface area contributed by atoms with Crippen LogP contribution < -0.4 is 0 Å². The second kappa shape index (κ2) is 34.6. The van der Waals surface area contributed by atoms with E-state index in [1.165, 1.54) is 154 Å². The average Bonchev–Trinajstić information content (AvgIpc) is 3.16. The molecule has 0 aliphatic heterocycles. The second-order valence-corrected chi connectivity index (χ2v) is 15.4. The maximum atomic E-state index is 13.2. The Morgan fingerprint density at radius 1 is 0.370 bits per heavy atom. The molecule has 0 spiro atoms. The molecule has 8 nitrogen and oxygen atoms in total. The maximum Gasteiger partial charge on any atom is 0.339 e. The van der Waals surface area contributed by atoms with Crippen molar-refractivity contribution in [3.63, 3.8) is 0 Å². The number of hydrogen-bond acceptors (Lipinski definition) is 6. The third-order valence-corrected chi connectivity index (χ3v) is 10.5. The Morgan fingerprint density at radius 3 is 0.944 bits per heavy atom. The van der Waals surface area contributed by atoms with Gasteiger partial charge in [-0.3, -0.25) is 0 Å². The molecular weight excluding hydrogens is 680 g/mol. The first-order valence-electron chi connectivity index (χ1n) is 22.3. The third kappa shape index (κ3) is 24.5. The van der Waals surface area contributed by atoms with Crippen molar-refractivity contribution in [2.45, 2.75) is 219 Å². The van der Waals surface area contributed by atoms with E-state index in [9.17, 15) is 29.4 Å². The Labute approximate surface area is 328 Å². The predicted molar refractivity (Wildman–Crippen MR) is 220 cm³/mol. The van der Waals surface area contributed by atoms with E-state index in [-0.39, 0.29) is 18.8 Å². The zero-order valence-electron chi connectivity index (χ0n) is 34.5. The molecule has 0 aliphatic carbocycles. The Hall–Kier alpha value is -2.90. The number of carboxylic acids is 2. The SMILES string of the molecule is CCCCCCCCCCCCCCCCCCOC(=O)c1ccc(C(=O)O)c(C(=O)O)c1C(=O)OCCCCCCCCCCCCCCCCCC. The van der Waals surface area contributed by atoms with E-state index in [1.54, 1.807) is 0 Å². The Kier molecular flexibility index (Phi) is 31.5. The van der Waals surface area contributed by atoms with Crippen molar-refractivity contribution in [2.24, 2.45) is 0 Å². The number of hydrogen-bond donors (Lipinski definition) is 2. The van der Waals surface area contributed by atoms with Crippen molar-refractivity contribution in [2.75, 3.05) is 13.2 Å². The smallest absolute Gasteiger partial charge is 0.339 e. The van der Waals surface area contributed by atoms with Crippen LogP contribution in [0.4, 0.5) is 0 Å². The minimum atomic E-state index is -1.62. The van der Waals surface area contributed by atoms with Gasteiger partial charge < -0.3 is 19.7 Å². The highest BCUT2D eigenvalue weighted by Gasteiger charge is 2.31. The van der Waals surface area contributed by atoms with Crippen molar-refractivity contribution < 1.29 is 38.9 Å². The molecule has 0 saturated heterocycles. The van der Waals surface area contributed by atoms with Crippen LogP contribution in [0.3, 0.4) is 0 Å². The molecule has 0 saturated carbocycles. The summed E-state index contributed by atoms with van der Waals surface area (Å²) in [4.78, 5) is 50.2. The Morgan fingerprint density at radius 2 is 0.648 bits per heavy atom. The maximum absolute atomic E-state index is 13.2. The fourth-order valence-electron chi connectivity index (χ4n) is 7.17. The molecule has 0 fully saturated rings. The van der Waals surface area contributed by atoms with Crippen LogP contribution in [0.2, 0.25) is 0 Å². The minimum absolute atomic E-state index is 0.0569. The average molecular weight is 759 g/mol. The summed E-state index contributed by atoms with van der Waals surface area (Å²) in [5.41, 5.74) is -2.18. The van der Waals surface area contributed by atoms with Gasteiger partial charge in [-0.15, -0.1) is 0 Å². The number of carbonyl (C=O) groups is 4. The van der Waals surface area contributed by atoms with Crippen LogP contribution in [-0.4, -0.2) is 47.3 Å². The number of ether oxygens (including phenoxy) is 2. The van der Waals surface area contributed by atoms with Gasteiger partial charge in [0.25, 0.3) is 0 Å². The molecule has 1 aromatic rings. The van der Waals surface area contributed by atoms with E-state index in [1.807, 2.05) is 0 Å². The second-order valence-electron chi connectivity index (χ2n) is 15.4. The van der Waals surface area contributed by atoms with Gasteiger partial charge in [0.05, 0.1) is 35.5 Å². The van der Waals surface area contributed by atoms with E-state index in [0.29, 0.717) is 12.8 Å². The van der Waals surface area contributed by atoms with E-state index in [2.05, 4.69) is 13.8 Å². The van der Waals surface area contributed by atoms with Crippen LogP contribution >= 0.6 is 0 Å². The van der Waals surface area contributed by atoms with E-state index in [4.69, 9.17) is 9.47 Å². The lowest BCUT2D eigenvalue weighted by molar-refractivity contribution is 0.0444. The highest BCUT2D eigenvalue weighted by Crippen LogP contribution is 2.24. The van der Waals surface area contributed by atoms with E-state index in [0.717, 1.165) is 50.7 Å². The summed E-state index contributed by atoms with van der Waals surface area (Å²) in [6.45, 7) is 4.70. The molecule has 0 atom stereocenters. The van der Waals surface area contributed by atoms with Crippen LogP contribution in [0.5, 0.6) is 0 Å². The molecule has 1 aromatic carbocycles. The summed E-state index contributed by atoms with van der Waals surface area (Å²) in [7, 11) is 0. The molecule has 8 heteroatoms. The van der Waals surface area contributed by atoms with Crippen LogP contribution in [0.1, 0.15) is 261 Å². The van der Waals surface area contributed by atoms with Crippen LogP contribution in [0.25, 0.3) is 0 Å². The summed E-state index contributed by atoms with van der Waals surface area (Å²) in [6, 6.07) is 2.18. The first-order valence-corrected chi connectivity index (χ1v) is 22.3. The zero-order valence-corrected chi connectivity index (χ0v) is 34.5. The lowest BCUT2D eigenvalue weighted by Crippen LogP contribution is -2.22.